The highest BCUT2D eigenvalue weighted by atomic mass is 32.2. The van der Waals surface area contributed by atoms with Crippen LogP contribution in [0.2, 0.25) is 0 Å². The van der Waals surface area contributed by atoms with Crippen LogP contribution < -0.4 is 0 Å². The number of hydrogen-bond donors (Lipinski definition) is 1. The Morgan fingerprint density at radius 1 is 1.03 bits per heavy atom. The third-order valence-corrected chi connectivity index (χ3v) is 7.71. The quantitative estimate of drug-likeness (QED) is 0.211. The number of sulfonamides is 1. The fourth-order valence-corrected chi connectivity index (χ4v) is 5.84. The molecule has 3 aromatic rings. The van der Waals surface area contributed by atoms with Crippen LogP contribution in [0.3, 0.4) is 0 Å². The van der Waals surface area contributed by atoms with Crippen molar-refractivity contribution in [1.82, 2.24) is 4.31 Å². The molecule has 3 rings (SSSR count). The maximum absolute atomic E-state index is 13.8. The van der Waals surface area contributed by atoms with Gasteiger partial charge in [-0.2, -0.15) is 4.31 Å². The van der Waals surface area contributed by atoms with Gasteiger partial charge in [-0.25, -0.2) is 8.42 Å². The molecule has 202 valence electrons. The molecule has 0 radical (unpaired) electrons. The maximum atomic E-state index is 13.8. The van der Waals surface area contributed by atoms with Gasteiger partial charge in [-0.1, -0.05) is 54.6 Å². The van der Waals surface area contributed by atoms with Gasteiger partial charge in [0.05, 0.1) is 4.92 Å². The molecule has 0 heterocycles. The zero-order valence-electron chi connectivity index (χ0n) is 21.4. The average Bonchev–Trinajstić information content (AvgIpc) is 2.84. The number of rotatable bonds is 11. The summed E-state index contributed by atoms with van der Waals surface area (Å²) in [5.41, 5.74) is -0.718. The molecule has 0 bridgehead atoms. The summed E-state index contributed by atoms with van der Waals surface area (Å²) in [5, 5.41) is 23.5. The minimum atomic E-state index is -4.66. The molecule has 0 unspecified atom stereocenters. The fourth-order valence-electron chi connectivity index (χ4n) is 4.07. The maximum Gasteiger partial charge on any atom is 0.322 e. The Hall–Kier alpha value is -3.83. The second-order valence-electron chi connectivity index (χ2n) is 9.75. The van der Waals surface area contributed by atoms with Gasteiger partial charge in [0.15, 0.2) is 4.90 Å². The number of benzene rings is 3. The Morgan fingerprint density at radius 2 is 1.66 bits per heavy atom. The van der Waals surface area contributed by atoms with Crippen molar-refractivity contribution >= 4 is 38.4 Å². The smallest absolute Gasteiger partial charge is 0.322 e. The Bertz CT molecular complexity index is 1450. The van der Waals surface area contributed by atoms with E-state index in [2.05, 4.69) is 0 Å². The molecule has 1 atom stereocenters. The first-order valence-corrected chi connectivity index (χ1v) is 13.4. The average molecular weight is 543 g/mol. The van der Waals surface area contributed by atoms with Crippen LogP contribution in [0, 0.1) is 10.1 Å². The molecule has 0 saturated carbocycles. The van der Waals surface area contributed by atoms with Gasteiger partial charge in [0.1, 0.15) is 11.6 Å². The summed E-state index contributed by atoms with van der Waals surface area (Å²) < 4.78 is 33.5. The molecule has 0 aromatic heterocycles. The minimum absolute atomic E-state index is 0.140. The number of carboxylic acids is 1. The van der Waals surface area contributed by atoms with Gasteiger partial charge in [0, 0.05) is 19.0 Å². The number of carbonyl (C=O) groups is 2. The van der Waals surface area contributed by atoms with Gasteiger partial charge < -0.3 is 9.84 Å². The number of nitro benzene ring substituents is 1. The Labute approximate surface area is 221 Å². The number of nitrogens with zero attached hydrogens (tertiary/aromatic N) is 2. The van der Waals surface area contributed by atoms with E-state index in [9.17, 15) is 33.2 Å². The normalized spacial score (nSPS) is 12.8. The van der Waals surface area contributed by atoms with E-state index < -0.39 is 49.1 Å². The first-order chi connectivity index (χ1) is 17.8. The van der Waals surface area contributed by atoms with Gasteiger partial charge in [-0.05, 0) is 56.0 Å². The summed E-state index contributed by atoms with van der Waals surface area (Å²) in [6, 6.07) is 16.3. The molecule has 0 aliphatic carbocycles. The Morgan fingerprint density at radius 3 is 2.29 bits per heavy atom. The summed E-state index contributed by atoms with van der Waals surface area (Å²) in [6.45, 7) is 4.70. The van der Waals surface area contributed by atoms with Crippen molar-refractivity contribution in [3.63, 3.8) is 0 Å². The van der Waals surface area contributed by atoms with E-state index in [0.717, 1.165) is 32.8 Å². The van der Waals surface area contributed by atoms with Crippen molar-refractivity contribution in [2.75, 3.05) is 6.54 Å². The highest BCUT2D eigenvalue weighted by molar-refractivity contribution is 7.89. The molecule has 11 heteroatoms. The van der Waals surface area contributed by atoms with Crippen LogP contribution in [0.5, 0.6) is 0 Å². The lowest BCUT2D eigenvalue weighted by Gasteiger charge is -2.28. The number of carbonyl (C=O) groups excluding carboxylic acids is 1. The Balaban J connectivity index is 1.99. The van der Waals surface area contributed by atoms with E-state index in [4.69, 9.17) is 4.74 Å². The number of aliphatic carboxylic acids is 1. The number of hydrogen-bond acceptors (Lipinski definition) is 7. The number of para-hydroxylation sites is 1. The van der Waals surface area contributed by atoms with Crippen LogP contribution in [0.4, 0.5) is 5.69 Å². The monoisotopic (exact) mass is 542 g/mol. The second-order valence-corrected chi connectivity index (χ2v) is 11.6. The molecule has 0 saturated heterocycles. The molecule has 0 aliphatic rings. The van der Waals surface area contributed by atoms with Gasteiger partial charge in [-0.15, -0.1) is 0 Å². The second kappa shape index (κ2) is 11.7. The van der Waals surface area contributed by atoms with Crippen molar-refractivity contribution in [2.24, 2.45) is 0 Å². The lowest BCUT2D eigenvalue weighted by Crippen LogP contribution is -2.46. The fraction of sp³-hybridized carbons (Fsp3) is 0.333. The zero-order chi connectivity index (χ0) is 28.1. The number of esters is 1. The summed E-state index contributed by atoms with van der Waals surface area (Å²) in [4.78, 5) is 34.8. The Kier molecular flexibility index (Phi) is 8.85. The minimum Gasteiger partial charge on any atom is -0.480 e. The van der Waals surface area contributed by atoms with E-state index in [1.165, 1.54) is 12.1 Å². The van der Waals surface area contributed by atoms with Crippen molar-refractivity contribution in [1.29, 1.82) is 0 Å². The standard InChI is InChI=1S/C27H30N2O8S/c1-27(2,3)37-25(30)15-14-23(26(31)32)28(38(35,36)24-11-7-6-10-22(24)29(33)34)17-16-19-12-13-20-8-4-5-9-21(20)18-19/h4-13,18,23H,14-17H2,1-3H3,(H,31,32)/t23-/m0/s1. The third kappa shape index (κ3) is 7.14. The third-order valence-electron chi connectivity index (χ3n) is 5.76. The number of fused-ring (bicyclic) bond motifs is 1. The lowest BCUT2D eigenvalue weighted by molar-refractivity contribution is -0.387. The molecule has 10 nitrogen and oxygen atoms in total. The molecule has 0 fully saturated rings. The summed E-state index contributed by atoms with van der Waals surface area (Å²) in [5.74, 6) is -2.16. The molecular formula is C27H30N2O8S. The highest BCUT2D eigenvalue weighted by Crippen LogP contribution is 2.29. The molecular weight excluding hydrogens is 512 g/mol. The van der Waals surface area contributed by atoms with Gasteiger partial charge >= 0.3 is 11.9 Å². The SMILES string of the molecule is CC(C)(C)OC(=O)CC[C@@H](C(=O)O)N(CCc1ccc2ccccc2c1)S(=O)(=O)c1ccccc1[N+](=O)[O-]. The van der Waals surface area contributed by atoms with Crippen molar-refractivity contribution in [3.05, 3.63) is 82.4 Å². The summed E-state index contributed by atoms with van der Waals surface area (Å²) in [6.07, 6.45) is -0.587. The summed E-state index contributed by atoms with van der Waals surface area (Å²) in [7, 11) is -4.66. The topological polar surface area (TPSA) is 144 Å². The van der Waals surface area contributed by atoms with Crippen molar-refractivity contribution in [2.45, 2.75) is 56.6 Å². The van der Waals surface area contributed by atoms with Crippen molar-refractivity contribution < 1.29 is 32.8 Å². The van der Waals surface area contributed by atoms with E-state index >= 15 is 0 Å². The van der Waals surface area contributed by atoms with Crippen LogP contribution in [0.1, 0.15) is 39.2 Å². The molecule has 0 spiro atoms. The van der Waals surface area contributed by atoms with E-state index in [1.54, 1.807) is 20.8 Å². The number of ether oxygens (including phenoxy) is 1. The predicted molar refractivity (Wildman–Crippen MR) is 141 cm³/mol. The molecule has 38 heavy (non-hydrogen) atoms. The predicted octanol–water partition coefficient (Wildman–Crippen LogP) is 4.56. The zero-order valence-corrected chi connectivity index (χ0v) is 22.2. The first kappa shape index (κ1) is 28.7. The van der Waals surface area contributed by atoms with E-state index in [1.807, 2.05) is 42.5 Å². The van der Waals surface area contributed by atoms with E-state index in [0.29, 0.717) is 0 Å². The van der Waals surface area contributed by atoms with Gasteiger partial charge in [0.25, 0.3) is 15.7 Å². The van der Waals surface area contributed by atoms with Gasteiger partial charge in [-0.3, -0.25) is 19.7 Å². The first-order valence-electron chi connectivity index (χ1n) is 12.0. The van der Waals surface area contributed by atoms with Crippen LogP contribution in [-0.2, 0) is 30.8 Å². The van der Waals surface area contributed by atoms with Crippen LogP contribution in [-0.4, -0.2) is 52.9 Å². The van der Waals surface area contributed by atoms with Crippen LogP contribution in [0.25, 0.3) is 10.8 Å². The lowest BCUT2D eigenvalue weighted by atomic mass is 10.0. The molecule has 1 N–H and O–H groups in total. The van der Waals surface area contributed by atoms with Crippen LogP contribution >= 0.6 is 0 Å². The molecule has 0 aliphatic heterocycles. The largest absolute Gasteiger partial charge is 0.480 e. The highest BCUT2D eigenvalue weighted by Gasteiger charge is 2.39. The van der Waals surface area contributed by atoms with E-state index in [-0.39, 0.29) is 25.8 Å². The summed E-state index contributed by atoms with van der Waals surface area (Å²) >= 11 is 0. The van der Waals surface area contributed by atoms with Crippen LogP contribution in [0.15, 0.2) is 71.6 Å². The number of carboxylic acid groups (broad SMARTS) is 1. The molecule has 3 aromatic carbocycles. The van der Waals surface area contributed by atoms with Gasteiger partial charge in [0.2, 0.25) is 0 Å². The number of nitro groups is 1. The molecule has 0 amide bonds. The van der Waals surface area contributed by atoms with Crippen molar-refractivity contribution in [3.8, 4) is 0 Å².